The summed E-state index contributed by atoms with van der Waals surface area (Å²) in [5, 5.41) is 4.09. The van der Waals surface area contributed by atoms with Gasteiger partial charge in [-0.1, -0.05) is 42.5 Å². The fraction of sp³-hybridized carbons (Fsp3) is 0.355. The molecule has 0 aliphatic carbocycles. The first kappa shape index (κ1) is 27.3. The number of carbonyl (C=O) groups excluding carboxylic acids is 2. The van der Waals surface area contributed by atoms with E-state index in [-0.39, 0.29) is 29.7 Å². The molecule has 0 saturated carbocycles. The predicted octanol–water partition coefficient (Wildman–Crippen LogP) is 3.48. The van der Waals surface area contributed by atoms with Crippen LogP contribution in [0.25, 0.3) is 22.0 Å². The first-order valence-corrected chi connectivity index (χ1v) is 13.9. The largest absolute Gasteiger partial charge is 0.368 e. The summed E-state index contributed by atoms with van der Waals surface area (Å²) >= 11 is 0. The number of nitrogens with two attached hydrogens (primary N) is 2. The number of piperidine rings is 1. The van der Waals surface area contributed by atoms with E-state index in [0.29, 0.717) is 32.5 Å². The maximum atomic E-state index is 13.3. The summed E-state index contributed by atoms with van der Waals surface area (Å²) in [6.45, 7) is 4.24. The topological polar surface area (TPSA) is 132 Å². The van der Waals surface area contributed by atoms with Gasteiger partial charge < -0.3 is 26.3 Å². The number of likely N-dealkylation sites (tertiary alicyclic amines) is 1. The molecule has 1 aliphatic heterocycles. The molecule has 0 spiro atoms. The molecule has 2 aromatic carbocycles. The van der Waals surface area contributed by atoms with Crippen LogP contribution < -0.4 is 16.8 Å². The van der Waals surface area contributed by atoms with Crippen molar-refractivity contribution < 1.29 is 9.59 Å². The van der Waals surface area contributed by atoms with Crippen LogP contribution in [0, 0.1) is 0 Å². The Balaban J connectivity index is 1.21. The first-order valence-electron chi connectivity index (χ1n) is 13.9. The number of para-hydroxylation sites is 1. The van der Waals surface area contributed by atoms with Crippen LogP contribution in [-0.4, -0.2) is 56.9 Å². The van der Waals surface area contributed by atoms with E-state index in [9.17, 15) is 9.59 Å². The molecule has 1 fully saturated rings. The van der Waals surface area contributed by atoms with Gasteiger partial charge in [0.2, 0.25) is 17.8 Å². The van der Waals surface area contributed by atoms with Gasteiger partial charge in [0.15, 0.2) is 0 Å². The summed E-state index contributed by atoms with van der Waals surface area (Å²) in [6, 6.07) is 18.4. The van der Waals surface area contributed by atoms with Crippen molar-refractivity contribution in [3.63, 3.8) is 0 Å². The van der Waals surface area contributed by atoms with Crippen molar-refractivity contribution in [1.29, 1.82) is 0 Å². The Kier molecular flexibility index (Phi) is 8.40. The number of carbonyl (C=O) groups is 2. The van der Waals surface area contributed by atoms with Gasteiger partial charge in [0, 0.05) is 80.7 Å². The molecule has 208 valence electrons. The van der Waals surface area contributed by atoms with Gasteiger partial charge in [-0.2, -0.15) is 0 Å². The number of nitrogen functional groups attached to an aromatic ring is 1. The third kappa shape index (κ3) is 6.48. The van der Waals surface area contributed by atoms with Gasteiger partial charge in [0.05, 0.1) is 0 Å². The van der Waals surface area contributed by atoms with Gasteiger partial charge in [0.25, 0.3) is 0 Å². The van der Waals surface area contributed by atoms with E-state index in [0.717, 1.165) is 41.6 Å². The Morgan fingerprint density at radius 1 is 1.07 bits per heavy atom. The number of nitrogens with one attached hydrogen (secondary N) is 1. The monoisotopic (exact) mass is 539 g/mol. The maximum absolute atomic E-state index is 13.3. The number of nitrogens with zero attached hydrogens (tertiary/aromatic N) is 4. The minimum absolute atomic E-state index is 0.0314. The molecule has 1 aliphatic rings. The molecule has 2 amide bonds. The van der Waals surface area contributed by atoms with E-state index in [1.165, 1.54) is 18.0 Å². The van der Waals surface area contributed by atoms with E-state index in [4.69, 9.17) is 11.5 Å². The molecule has 9 nitrogen and oxygen atoms in total. The average Bonchev–Trinajstić information content (AvgIpc) is 3.32. The Labute approximate surface area is 234 Å². The van der Waals surface area contributed by atoms with Crippen molar-refractivity contribution in [3.05, 3.63) is 78.2 Å². The van der Waals surface area contributed by atoms with E-state index in [1.807, 2.05) is 41.3 Å². The number of benzene rings is 2. The SMILES string of the molecule is CC(=O)NCCn1c(C2CCCN(C(=O)CC(N)Cc3ccc(-c4cnc(N)nc4)cc3)C2)cc2ccccc21. The Bertz CT molecular complexity index is 1460. The second-order valence-electron chi connectivity index (χ2n) is 10.6. The van der Waals surface area contributed by atoms with Crippen LogP contribution in [0.4, 0.5) is 5.95 Å². The van der Waals surface area contributed by atoms with Crippen LogP contribution in [0.1, 0.15) is 43.4 Å². The molecule has 5 rings (SSSR count). The number of hydrogen-bond donors (Lipinski definition) is 3. The second kappa shape index (κ2) is 12.3. The van der Waals surface area contributed by atoms with E-state index in [1.54, 1.807) is 12.4 Å². The van der Waals surface area contributed by atoms with Crippen LogP contribution >= 0.6 is 0 Å². The highest BCUT2D eigenvalue weighted by Gasteiger charge is 2.28. The number of amides is 2. The van der Waals surface area contributed by atoms with Crippen LogP contribution in [0.2, 0.25) is 0 Å². The number of anilines is 1. The lowest BCUT2D eigenvalue weighted by Gasteiger charge is -2.34. The van der Waals surface area contributed by atoms with E-state index >= 15 is 0 Å². The van der Waals surface area contributed by atoms with Crippen LogP contribution in [0.5, 0.6) is 0 Å². The molecule has 3 heterocycles. The minimum Gasteiger partial charge on any atom is -0.368 e. The fourth-order valence-electron chi connectivity index (χ4n) is 5.66. The van der Waals surface area contributed by atoms with Crippen LogP contribution in [0.15, 0.2) is 67.0 Å². The second-order valence-corrected chi connectivity index (χ2v) is 10.6. The summed E-state index contributed by atoms with van der Waals surface area (Å²) in [7, 11) is 0. The number of rotatable bonds is 9. The molecule has 2 unspecified atom stereocenters. The highest BCUT2D eigenvalue weighted by atomic mass is 16.2. The van der Waals surface area contributed by atoms with Crippen molar-refractivity contribution in [2.45, 2.75) is 51.1 Å². The van der Waals surface area contributed by atoms with Crippen molar-refractivity contribution in [2.24, 2.45) is 5.73 Å². The van der Waals surface area contributed by atoms with Crippen molar-refractivity contribution >= 4 is 28.7 Å². The summed E-state index contributed by atoms with van der Waals surface area (Å²) < 4.78 is 2.30. The third-order valence-electron chi connectivity index (χ3n) is 7.64. The number of fused-ring (bicyclic) bond motifs is 1. The smallest absolute Gasteiger partial charge is 0.224 e. The van der Waals surface area contributed by atoms with E-state index in [2.05, 4.69) is 38.1 Å². The Hall–Kier alpha value is -4.24. The minimum atomic E-state index is -0.261. The molecule has 0 bridgehead atoms. The highest BCUT2D eigenvalue weighted by Crippen LogP contribution is 2.32. The van der Waals surface area contributed by atoms with Gasteiger partial charge in [0.1, 0.15) is 0 Å². The number of aromatic nitrogens is 3. The lowest BCUT2D eigenvalue weighted by atomic mass is 9.93. The Morgan fingerprint density at radius 3 is 2.58 bits per heavy atom. The molecular weight excluding hydrogens is 502 g/mol. The molecule has 40 heavy (non-hydrogen) atoms. The van der Waals surface area contributed by atoms with Crippen LogP contribution in [-0.2, 0) is 22.6 Å². The molecule has 0 radical (unpaired) electrons. The number of hydrogen-bond acceptors (Lipinski definition) is 6. The first-order chi connectivity index (χ1) is 19.4. The predicted molar refractivity (Wildman–Crippen MR) is 157 cm³/mol. The van der Waals surface area contributed by atoms with Gasteiger partial charge in [-0.05, 0) is 47.9 Å². The normalized spacial score (nSPS) is 16.1. The van der Waals surface area contributed by atoms with Crippen molar-refractivity contribution in [2.75, 3.05) is 25.4 Å². The summed E-state index contributed by atoms with van der Waals surface area (Å²) in [4.78, 5) is 34.8. The molecule has 5 N–H and O–H groups in total. The molecule has 2 atom stereocenters. The van der Waals surface area contributed by atoms with Gasteiger partial charge >= 0.3 is 0 Å². The fourth-order valence-corrected chi connectivity index (χ4v) is 5.66. The van der Waals surface area contributed by atoms with Gasteiger partial charge in [-0.25, -0.2) is 9.97 Å². The highest BCUT2D eigenvalue weighted by molar-refractivity contribution is 5.82. The van der Waals surface area contributed by atoms with Gasteiger partial charge in [-0.3, -0.25) is 9.59 Å². The summed E-state index contributed by atoms with van der Waals surface area (Å²) in [5.41, 5.74) is 17.4. The molecule has 4 aromatic rings. The van der Waals surface area contributed by atoms with Crippen molar-refractivity contribution in [1.82, 2.24) is 24.8 Å². The average molecular weight is 540 g/mol. The van der Waals surface area contributed by atoms with Crippen molar-refractivity contribution in [3.8, 4) is 11.1 Å². The maximum Gasteiger partial charge on any atom is 0.224 e. The van der Waals surface area contributed by atoms with Crippen LogP contribution in [0.3, 0.4) is 0 Å². The molecular formula is C31H37N7O2. The lowest BCUT2D eigenvalue weighted by molar-refractivity contribution is -0.132. The quantitative estimate of drug-likeness (QED) is 0.298. The summed E-state index contributed by atoms with van der Waals surface area (Å²) in [5.74, 6) is 0.564. The van der Waals surface area contributed by atoms with Gasteiger partial charge in [-0.15, -0.1) is 0 Å². The molecule has 9 heteroatoms. The molecule has 1 saturated heterocycles. The zero-order chi connectivity index (χ0) is 28.1. The zero-order valence-corrected chi connectivity index (χ0v) is 22.9. The lowest BCUT2D eigenvalue weighted by Crippen LogP contribution is -2.42. The summed E-state index contributed by atoms with van der Waals surface area (Å²) in [6.07, 6.45) is 6.32. The zero-order valence-electron chi connectivity index (χ0n) is 22.9. The third-order valence-corrected chi connectivity index (χ3v) is 7.64. The van der Waals surface area contributed by atoms with E-state index < -0.39 is 0 Å². The standard InChI is InChI=1S/C31H37N7O2/c1-21(39)34-12-14-38-28-7-3-2-5-24(28)16-29(38)25-6-4-13-37(20-25)30(40)17-27(32)15-22-8-10-23(11-9-22)26-18-35-31(33)36-19-26/h2-3,5,7-11,16,18-19,25,27H,4,6,12-15,17,20,32H2,1H3,(H,34,39)(H2,33,35,36). The molecule has 2 aromatic heterocycles. The Morgan fingerprint density at radius 2 is 1.82 bits per heavy atom.